The number of anilines is 1. The van der Waals surface area contributed by atoms with Crippen molar-refractivity contribution < 1.29 is 19.1 Å². The summed E-state index contributed by atoms with van der Waals surface area (Å²) >= 11 is 0. The van der Waals surface area contributed by atoms with Gasteiger partial charge in [0, 0.05) is 12.2 Å². The first-order chi connectivity index (χ1) is 14.3. The van der Waals surface area contributed by atoms with Gasteiger partial charge in [-0.3, -0.25) is 14.5 Å². The Morgan fingerprint density at radius 3 is 2.27 bits per heavy atom. The molecule has 162 valence electrons. The van der Waals surface area contributed by atoms with Crippen LogP contribution in [0.2, 0.25) is 0 Å². The minimum atomic E-state index is -0.242. The molecule has 2 N–H and O–H groups in total. The zero-order valence-corrected chi connectivity index (χ0v) is 18.4. The Labute approximate surface area is 178 Å². The lowest BCUT2D eigenvalue weighted by Crippen LogP contribution is -2.39. The molecule has 0 bridgehead atoms. The number of para-hydroxylation sites is 1. The molecule has 7 nitrogen and oxygen atoms in total. The van der Waals surface area contributed by atoms with E-state index >= 15 is 0 Å². The van der Waals surface area contributed by atoms with E-state index in [0.29, 0.717) is 18.0 Å². The molecule has 2 rings (SSSR count). The summed E-state index contributed by atoms with van der Waals surface area (Å²) in [5.41, 5.74) is 3.87. The summed E-state index contributed by atoms with van der Waals surface area (Å²) in [6.45, 7) is 4.72. The van der Waals surface area contributed by atoms with Gasteiger partial charge in [-0.15, -0.1) is 0 Å². The molecule has 0 saturated heterocycles. The number of likely N-dealkylation sites (N-methyl/N-ethyl adjacent to an activating group) is 1. The third-order valence-corrected chi connectivity index (χ3v) is 4.84. The summed E-state index contributed by atoms with van der Waals surface area (Å²) in [4.78, 5) is 26.3. The van der Waals surface area contributed by atoms with E-state index in [1.165, 1.54) is 0 Å². The third-order valence-electron chi connectivity index (χ3n) is 4.84. The lowest BCUT2D eigenvalue weighted by atomic mass is 10.1. The molecule has 7 heteroatoms. The van der Waals surface area contributed by atoms with E-state index in [1.54, 1.807) is 14.2 Å². The maximum atomic E-state index is 12.2. The topological polar surface area (TPSA) is 79.9 Å². The van der Waals surface area contributed by atoms with Gasteiger partial charge in [-0.2, -0.15) is 0 Å². The number of benzene rings is 2. The summed E-state index contributed by atoms with van der Waals surface area (Å²) in [6, 6.07) is 11.6. The Balaban J connectivity index is 1.76. The Bertz CT molecular complexity index is 862. The van der Waals surface area contributed by atoms with Crippen molar-refractivity contribution >= 4 is 17.5 Å². The summed E-state index contributed by atoms with van der Waals surface area (Å²) in [7, 11) is 5.08. The van der Waals surface area contributed by atoms with Crippen LogP contribution in [0.4, 0.5) is 5.69 Å². The van der Waals surface area contributed by atoms with Crippen molar-refractivity contribution in [3.63, 3.8) is 0 Å². The molecule has 0 aliphatic rings. The molecule has 0 atom stereocenters. The first kappa shape index (κ1) is 23.2. The van der Waals surface area contributed by atoms with Gasteiger partial charge < -0.3 is 20.1 Å². The van der Waals surface area contributed by atoms with E-state index in [0.717, 1.165) is 28.8 Å². The Morgan fingerprint density at radius 2 is 1.63 bits per heavy atom. The van der Waals surface area contributed by atoms with Crippen molar-refractivity contribution in [1.29, 1.82) is 0 Å². The average Bonchev–Trinajstić information content (AvgIpc) is 2.73. The number of hydrogen-bond donors (Lipinski definition) is 2. The summed E-state index contributed by atoms with van der Waals surface area (Å²) < 4.78 is 10.6. The Hall–Kier alpha value is -3.06. The quantitative estimate of drug-likeness (QED) is 0.626. The van der Waals surface area contributed by atoms with Gasteiger partial charge in [0.1, 0.15) is 0 Å². The molecule has 2 amide bonds. The molecule has 0 fully saturated rings. The SMILES string of the molecule is COc1ccc(CCN(C)CC(=O)NCC(=O)Nc2c(C)cccc2C)cc1OC. The highest BCUT2D eigenvalue weighted by Gasteiger charge is 2.11. The van der Waals surface area contributed by atoms with Crippen LogP contribution in [-0.4, -0.2) is 57.6 Å². The fourth-order valence-corrected chi connectivity index (χ4v) is 3.11. The second kappa shape index (κ2) is 11.2. The number of methoxy groups -OCH3 is 2. The number of ether oxygens (including phenoxy) is 2. The van der Waals surface area contributed by atoms with Crippen molar-refractivity contribution in [1.82, 2.24) is 10.2 Å². The monoisotopic (exact) mass is 413 g/mol. The number of carbonyl (C=O) groups excluding carboxylic acids is 2. The molecule has 0 aliphatic carbocycles. The first-order valence-corrected chi connectivity index (χ1v) is 9.86. The van der Waals surface area contributed by atoms with Crippen molar-refractivity contribution in [2.45, 2.75) is 20.3 Å². The van der Waals surface area contributed by atoms with Gasteiger partial charge in [-0.25, -0.2) is 0 Å². The molecule has 0 radical (unpaired) electrons. The lowest BCUT2D eigenvalue weighted by Gasteiger charge is -2.17. The van der Waals surface area contributed by atoms with Crippen LogP contribution in [0.3, 0.4) is 0 Å². The first-order valence-electron chi connectivity index (χ1n) is 9.86. The van der Waals surface area contributed by atoms with Gasteiger partial charge in [-0.1, -0.05) is 24.3 Å². The van der Waals surface area contributed by atoms with Crippen molar-refractivity contribution in [2.75, 3.05) is 46.2 Å². The molecule has 0 aromatic heterocycles. The molecular formula is C23H31N3O4. The van der Waals surface area contributed by atoms with E-state index in [2.05, 4.69) is 10.6 Å². The summed E-state index contributed by atoms with van der Waals surface area (Å²) in [5.74, 6) is 0.939. The molecule has 0 unspecified atom stereocenters. The molecule has 0 heterocycles. The number of nitrogens with zero attached hydrogens (tertiary/aromatic N) is 1. The number of hydrogen-bond acceptors (Lipinski definition) is 5. The Kier molecular flexibility index (Phi) is 8.68. The molecular weight excluding hydrogens is 382 g/mol. The van der Waals surface area contributed by atoms with Crippen molar-refractivity contribution in [2.24, 2.45) is 0 Å². The molecule has 2 aromatic rings. The van der Waals surface area contributed by atoms with Crippen LogP contribution in [0.1, 0.15) is 16.7 Å². The second-order valence-corrected chi connectivity index (χ2v) is 7.27. The van der Waals surface area contributed by atoms with Crippen LogP contribution < -0.4 is 20.1 Å². The maximum Gasteiger partial charge on any atom is 0.243 e. The minimum absolute atomic E-state index is 0.0594. The van der Waals surface area contributed by atoms with Crippen LogP contribution in [0.25, 0.3) is 0 Å². The van der Waals surface area contributed by atoms with Crippen LogP contribution in [0.15, 0.2) is 36.4 Å². The summed E-state index contributed by atoms with van der Waals surface area (Å²) in [6.07, 6.45) is 0.761. The third kappa shape index (κ3) is 6.77. The van der Waals surface area contributed by atoms with Gasteiger partial charge in [-0.05, 0) is 56.1 Å². The normalized spacial score (nSPS) is 10.6. The standard InChI is InChI=1S/C23H31N3O4/c1-16-7-6-8-17(2)23(16)25-21(27)14-24-22(28)15-26(3)12-11-18-9-10-19(29-4)20(13-18)30-5/h6-10,13H,11-12,14-15H2,1-5H3,(H,24,28)(H,25,27). The molecule has 0 aliphatic heterocycles. The fourth-order valence-electron chi connectivity index (χ4n) is 3.11. The van der Waals surface area contributed by atoms with Crippen molar-refractivity contribution in [3.8, 4) is 11.5 Å². The van der Waals surface area contributed by atoms with Gasteiger partial charge >= 0.3 is 0 Å². The average molecular weight is 414 g/mol. The summed E-state index contributed by atoms with van der Waals surface area (Å²) in [5, 5.41) is 5.54. The predicted molar refractivity (Wildman–Crippen MR) is 118 cm³/mol. The number of amides is 2. The van der Waals surface area contributed by atoms with E-state index < -0.39 is 0 Å². The smallest absolute Gasteiger partial charge is 0.243 e. The minimum Gasteiger partial charge on any atom is -0.493 e. The number of aryl methyl sites for hydroxylation is 2. The van der Waals surface area contributed by atoms with Crippen LogP contribution in [0.5, 0.6) is 11.5 Å². The second-order valence-electron chi connectivity index (χ2n) is 7.27. The zero-order chi connectivity index (χ0) is 22.1. The molecule has 30 heavy (non-hydrogen) atoms. The fraction of sp³-hybridized carbons (Fsp3) is 0.391. The predicted octanol–water partition coefficient (Wildman–Crippen LogP) is 2.55. The van der Waals surface area contributed by atoms with Crippen molar-refractivity contribution in [3.05, 3.63) is 53.1 Å². The van der Waals surface area contributed by atoms with Crippen LogP contribution in [-0.2, 0) is 16.0 Å². The highest BCUT2D eigenvalue weighted by Crippen LogP contribution is 2.27. The van der Waals surface area contributed by atoms with Gasteiger partial charge in [0.05, 0.1) is 27.3 Å². The van der Waals surface area contributed by atoms with E-state index in [9.17, 15) is 9.59 Å². The van der Waals surface area contributed by atoms with Gasteiger partial charge in [0.15, 0.2) is 11.5 Å². The number of carbonyl (C=O) groups is 2. The number of nitrogens with one attached hydrogen (secondary N) is 2. The van der Waals surface area contributed by atoms with E-state index in [1.807, 2.05) is 62.2 Å². The van der Waals surface area contributed by atoms with Gasteiger partial charge in [0.2, 0.25) is 11.8 Å². The molecule has 2 aromatic carbocycles. The lowest BCUT2D eigenvalue weighted by molar-refractivity contribution is -0.124. The molecule has 0 saturated carbocycles. The largest absolute Gasteiger partial charge is 0.493 e. The Morgan fingerprint density at radius 1 is 0.967 bits per heavy atom. The van der Waals surface area contributed by atoms with Gasteiger partial charge in [0.25, 0.3) is 0 Å². The number of rotatable bonds is 10. The zero-order valence-electron chi connectivity index (χ0n) is 18.4. The molecule has 0 spiro atoms. The van der Waals surface area contributed by atoms with Crippen LogP contribution >= 0.6 is 0 Å². The maximum absolute atomic E-state index is 12.2. The highest BCUT2D eigenvalue weighted by atomic mass is 16.5. The van der Waals surface area contributed by atoms with E-state index in [-0.39, 0.29) is 24.9 Å². The van der Waals surface area contributed by atoms with Crippen LogP contribution in [0, 0.1) is 13.8 Å². The highest BCUT2D eigenvalue weighted by molar-refractivity contribution is 5.95. The van der Waals surface area contributed by atoms with E-state index in [4.69, 9.17) is 9.47 Å².